The highest BCUT2D eigenvalue weighted by atomic mass is 79.9. The van der Waals surface area contributed by atoms with Crippen molar-refractivity contribution < 1.29 is 0 Å². The zero-order valence-electron chi connectivity index (χ0n) is 31.9. The van der Waals surface area contributed by atoms with Crippen LogP contribution < -0.4 is 0 Å². The highest BCUT2D eigenvalue weighted by Gasteiger charge is 2.42. The lowest BCUT2D eigenvalue weighted by atomic mass is 9.71. The molecule has 6 rings (SSSR count). The molecule has 0 aromatic heterocycles. The monoisotopic (exact) mass is 999 g/mol. The first-order valence-electron chi connectivity index (χ1n) is 17.8. The van der Waals surface area contributed by atoms with Crippen molar-refractivity contribution in [2.24, 2.45) is 0 Å². The molecule has 3 nitrogen and oxygen atoms in total. The topological polar surface area (TPSA) is 9.72 Å². The second-order valence-corrected chi connectivity index (χ2v) is 19.2. The van der Waals surface area contributed by atoms with Gasteiger partial charge in [-0.25, -0.2) is 0 Å². The third-order valence-corrected chi connectivity index (χ3v) is 12.3. The SMILES string of the molecule is CC1(C)c2cc(Br)ccc2-c2ccc(Br)cc21.CN(C)CCCC1(CCCN(C)C)c2cc(Br)ccc2-c2ccc(Br)cc21.CN(C)CCCCl.Cl. The number of benzene rings is 4. The van der Waals surface area contributed by atoms with Gasteiger partial charge in [-0.05, 0) is 187 Å². The Labute approximate surface area is 359 Å². The summed E-state index contributed by atoms with van der Waals surface area (Å²) in [6, 6.07) is 26.8. The molecule has 0 bridgehead atoms. The summed E-state index contributed by atoms with van der Waals surface area (Å²) in [7, 11) is 12.8. The van der Waals surface area contributed by atoms with Gasteiger partial charge in [-0.2, -0.15) is 0 Å². The summed E-state index contributed by atoms with van der Waals surface area (Å²) >= 11 is 20.0. The van der Waals surface area contributed by atoms with Gasteiger partial charge in [0.25, 0.3) is 0 Å². The first-order chi connectivity index (χ1) is 24.1. The van der Waals surface area contributed by atoms with Crippen molar-refractivity contribution in [3.05, 3.63) is 113 Å². The number of halogens is 6. The first kappa shape index (κ1) is 45.6. The second kappa shape index (κ2) is 20.4. The molecule has 0 atom stereocenters. The van der Waals surface area contributed by atoms with E-state index in [9.17, 15) is 0 Å². The van der Waals surface area contributed by atoms with Crippen LogP contribution in [0.1, 0.15) is 68.2 Å². The molecular weight excluding hydrogens is 949 g/mol. The Balaban J connectivity index is 0.000000248. The fourth-order valence-corrected chi connectivity index (χ4v) is 9.12. The molecule has 2 aliphatic carbocycles. The second-order valence-electron chi connectivity index (χ2n) is 15.1. The van der Waals surface area contributed by atoms with E-state index < -0.39 is 0 Å². The van der Waals surface area contributed by atoms with Gasteiger partial charge in [0.2, 0.25) is 0 Å². The fourth-order valence-electron chi connectivity index (χ4n) is 7.56. The van der Waals surface area contributed by atoms with Crippen LogP contribution in [-0.4, -0.2) is 82.5 Å². The van der Waals surface area contributed by atoms with E-state index in [1.807, 2.05) is 14.1 Å². The van der Waals surface area contributed by atoms with Crippen molar-refractivity contribution in [3.63, 3.8) is 0 Å². The van der Waals surface area contributed by atoms with E-state index in [0.717, 1.165) is 40.9 Å². The normalized spacial score (nSPS) is 14.1. The molecule has 0 fully saturated rings. The number of rotatable bonds is 11. The van der Waals surface area contributed by atoms with Crippen molar-refractivity contribution in [1.82, 2.24) is 14.7 Å². The predicted octanol–water partition coefficient (Wildman–Crippen LogP) is 13.3. The van der Waals surface area contributed by atoms with Crippen LogP contribution in [0.4, 0.5) is 0 Å². The molecule has 0 amide bonds. The minimum absolute atomic E-state index is 0. The third kappa shape index (κ3) is 11.2. The van der Waals surface area contributed by atoms with Crippen LogP contribution in [0.5, 0.6) is 0 Å². The maximum absolute atomic E-state index is 5.42. The predicted molar refractivity (Wildman–Crippen MR) is 244 cm³/mol. The van der Waals surface area contributed by atoms with E-state index in [2.05, 4.69) is 193 Å². The number of hydrogen-bond donors (Lipinski definition) is 0. The Bertz CT molecular complexity index is 1650. The molecule has 4 aromatic rings. The molecule has 0 aliphatic heterocycles. The van der Waals surface area contributed by atoms with Crippen LogP contribution in [0, 0.1) is 0 Å². The van der Waals surface area contributed by atoms with Gasteiger partial charge in [-0.15, -0.1) is 24.0 Å². The quantitative estimate of drug-likeness (QED) is 0.139. The minimum Gasteiger partial charge on any atom is -0.309 e. The van der Waals surface area contributed by atoms with E-state index in [-0.39, 0.29) is 23.2 Å². The number of alkyl halides is 1. The van der Waals surface area contributed by atoms with Gasteiger partial charge in [0.1, 0.15) is 0 Å². The van der Waals surface area contributed by atoms with Crippen molar-refractivity contribution in [1.29, 1.82) is 0 Å². The van der Waals surface area contributed by atoms with Crippen LogP contribution in [0.2, 0.25) is 0 Å². The van der Waals surface area contributed by atoms with Crippen LogP contribution in [0.3, 0.4) is 0 Å². The molecule has 0 radical (unpaired) electrons. The molecule has 0 unspecified atom stereocenters. The van der Waals surface area contributed by atoms with Gasteiger partial charge in [-0.3, -0.25) is 0 Å². The first-order valence-corrected chi connectivity index (χ1v) is 21.5. The standard InChI is InChI=1S/C23H30Br2N2.C15H12Br2.C5H12ClN.ClH/c1-26(2)13-5-11-23(12-6-14-27(3)4)21-15-17(24)7-9-19(21)20-10-8-18(25)16-22(20)23;1-15(2)13-7-9(16)3-5-11(13)12-6-4-10(17)8-14(12)15;1-7(2)5-3-4-6;/h7-10,15-16H,5-6,11-14H2,1-4H3;3-8H,1-2H3;3-5H2,1-2H3;1H. The zero-order chi connectivity index (χ0) is 37.5. The van der Waals surface area contributed by atoms with E-state index in [1.165, 1.54) is 79.1 Å². The summed E-state index contributed by atoms with van der Waals surface area (Å²) in [4.78, 5) is 6.72. The summed E-state index contributed by atoms with van der Waals surface area (Å²) in [5.74, 6) is 0.776. The fraction of sp³-hybridized carbons (Fsp3) is 0.442. The average Bonchev–Trinajstić information content (AvgIpc) is 3.44. The molecule has 0 saturated heterocycles. The molecule has 0 spiro atoms. The Morgan fingerprint density at radius 3 is 1.06 bits per heavy atom. The van der Waals surface area contributed by atoms with Gasteiger partial charge in [-0.1, -0.05) is 102 Å². The van der Waals surface area contributed by atoms with Crippen LogP contribution >= 0.6 is 87.7 Å². The van der Waals surface area contributed by atoms with Crippen molar-refractivity contribution in [2.75, 3.05) is 67.8 Å². The average molecular weight is 1000 g/mol. The third-order valence-electron chi connectivity index (χ3n) is 10.0. The van der Waals surface area contributed by atoms with Crippen LogP contribution in [-0.2, 0) is 10.8 Å². The molecular formula is C43H55Br4Cl2N3. The summed E-state index contributed by atoms with van der Waals surface area (Å²) < 4.78 is 4.66. The van der Waals surface area contributed by atoms with Crippen molar-refractivity contribution >= 4 is 87.7 Å². The van der Waals surface area contributed by atoms with Gasteiger partial charge >= 0.3 is 0 Å². The minimum atomic E-state index is 0. The molecule has 2 aliphatic rings. The Morgan fingerprint density at radius 1 is 0.481 bits per heavy atom. The lowest BCUT2D eigenvalue weighted by Crippen LogP contribution is -2.28. The maximum atomic E-state index is 5.42. The molecule has 284 valence electrons. The Morgan fingerprint density at radius 2 is 0.769 bits per heavy atom. The van der Waals surface area contributed by atoms with Crippen LogP contribution in [0.15, 0.2) is 90.7 Å². The van der Waals surface area contributed by atoms with E-state index in [1.54, 1.807) is 0 Å². The molecule has 4 aromatic carbocycles. The number of hydrogen-bond acceptors (Lipinski definition) is 3. The molecule has 52 heavy (non-hydrogen) atoms. The number of nitrogens with zero attached hydrogens (tertiary/aromatic N) is 3. The molecule has 9 heteroatoms. The van der Waals surface area contributed by atoms with Gasteiger partial charge < -0.3 is 14.7 Å². The highest BCUT2D eigenvalue weighted by molar-refractivity contribution is 9.11. The Hall–Kier alpha value is -0.740. The van der Waals surface area contributed by atoms with Crippen molar-refractivity contribution in [3.8, 4) is 22.3 Å². The lowest BCUT2D eigenvalue weighted by molar-refractivity contribution is 0.328. The molecule has 0 heterocycles. The van der Waals surface area contributed by atoms with Crippen LogP contribution in [0.25, 0.3) is 22.3 Å². The van der Waals surface area contributed by atoms with Crippen molar-refractivity contribution in [2.45, 2.75) is 56.8 Å². The maximum Gasteiger partial charge on any atom is 0.0235 e. The Kier molecular flexibility index (Phi) is 17.9. The van der Waals surface area contributed by atoms with E-state index >= 15 is 0 Å². The summed E-state index contributed by atoms with van der Waals surface area (Å²) in [5, 5.41) is 0. The highest BCUT2D eigenvalue weighted by Crippen LogP contribution is 2.55. The van der Waals surface area contributed by atoms with Gasteiger partial charge in [0, 0.05) is 34.6 Å². The summed E-state index contributed by atoms with van der Waals surface area (Å²) in [6.45, 7) is 7.93. The lowest BCUT2D eigenvalue weighted by Gasteiger charge is -2.33. The number of fused-ring (bicyclic) bond motifs is 6. The largest absolute Gasteiger partial charge is 0.309 e. The van der Waals surface area contributed by atoms with Gasteiger partial charge in [0.15, 0.2) is 0 Å². The van der Waals surface area contributed by atoms with E-state index in [4.69, 9.17) is 11.6 Å². The zero-order valence-corrected chi connectivity index (χ0v) is 39.8. The smallest absolute Gasteiger partial charge is 0.0235 e. The molecule has 0 saturated carbocycles. The molecule has 0 N–H and O–H groups in total. The summed E-state index contributed by atoms with van der Waals surface area (Å²) in [6.07, 6.45) is 5.87. The van der Waals surface area contributed by atoms with E-state index in [0.29, 0.717) is 0 Å². The van der Waals surface area contributed by atoms with Gasteiger partial charge in [0.05, 0.1) is 0 Å². The summed E-state index contributed by atoms with van der Waals surface area (Å²) in [5.41, 5.74) is 11.5.